The molecule has 0 amide bonds. The van der Waals surface area contributed by atoms with E-state index in [1.807, 2.05) is 0 Å². The molecule has 1 heterocycles. The predicted octanol–water partition coefficient (Wildman–Crippen LogP) is 2.94. The van der Waals surface area contributed by atoms with Gasteiger partial charge < -0.3 is 5.32 Å². The van der Waals surface area contributed by atoms with E-state index < -0.39 is 0 Å². The molecule has 0 aromatic heterocycles. The lowest BCUT2D eigenvalue weighted by Crippen LogP contribution is -2.57. The smallest absolute Gasteiger partial charge is 0.0261 e. The van der Waals surface area contributed by atoms with Crippen LogP contribution in [0.25, 0.3) is 0 Å². The summed E-state index contributed by atoms with van der Waals surface area (Å²) in [6.45, 7) is 10.4. The molecule has 2 nitrogen and oxygen atoms in total. The number of nitrogens with one attached hydrogen (secondary N) is 1. The predicted molar refractivity (Wildman–Crippen MR) is 82.4 cm³/mol. The van der Waals surface area contributed by atoms with E-state index in [4.69, 9.17) is 0 Å². The molecular weight excluding hydrogens is 232 g/mol. The lowest BCUT2D eigenvalue weighted by molar-refractivity contribution is 0.128. The Balaban J connectivity index is 1.92. The highest BCUT2D eigenvalue weighted by Gasteiger charge is 2.26. The Kier molecular flexibility index (Phi) is 5.41. The van der Waals surface area contributed by atoms with Crippen molar-refractivity contribution in [1.29, 1.82) is 0 Å². The fourth-order valence-corrected chi connectivity index (χ4v) is 3.13. The van der Waals surface area contributed by atoms with Crippen molar-refractivity contribution >= 4 is 0 Å². The Morgan fingerprint density at radius 1 is 1.26 bits per heavy atom. The third kappa shape index (κ3) is 4.32. The van der Waals surface area contributed by atoms with Gasteiger partial charge >= 0.3 is 0 Å². The number of hydrogen-bond acceptors (Lipinski definition) is 2. The van der Waals surface area contributed by atoms with Crippen LogP contribution in [0.3, 0.4) is 0 Å². The van der Waals surface area contributed by atoms with Gasteiger partial charge in [-0.1, -0.05) is 51.1 Å². The first-order valence-electron chi connectivity index (χ1n) is 7.70. The molecule has 1 aromatic rings. The number of benzene rings is 1. The maximum atomic E-state index is 3.74. The molecule has 1 fully saturated rings. The molecule has 0 saturated carbocycles. The lowest BCUT2D eigenvalue weighted by atomic mass is 9.97. The molecule has 0 spiro atoms. The summed E-state index contributed by atoms with van der Waals surface area (Å²) in [7, 11) is 0. The minimum absolute atomic E-state index is 0.649. The van der Waals surface area contributed by atoms with Gasteiger partial charge in [-0.3, -0.25) is 4.90 Å². The van der Waals surface area contributed by atoms with Crippen molar-refractivity contribution < 1.29 is 0 Å². The quantitative estimate of drug-likeness (QED) is 0.875. The Morgan fingerprint density at radius 3 is 2.63 bits per heavy atom. The zero-order valence-corrected chi connectivity index (χ0v) is 12.6. The first kappa shape index (κ1) is 14.5. The molecule has 2 rings (SSSR count). The Labute approximate surface area is 118 Å². The third-order valence-corrected chi connectivity index (χ3v) is 4.09. The molecule has 19 heavy (non-hydrogen) atoms. The molecular formula is C17H28N2. The number of hydrogen-bond donors (Lipinski definition) is 1. The fraction of sp³-hybridized carbons (Fsp3) is 0.647. The Hall–Kier alpha value is -0.860. The van der Waals surface area contributed by atoms with Crippen LogP contribution in [0.1, 0.15) is 32.8 Å². The summed E-state index contributed by atoms with van der Waals surface area (Å²) in [5.41, 5.74) is 1.45. The summed E-state index contributed by atoms with van der Waals surface area (Å²) in [6, 6.07) is 12.2. The average Bonchev–Trinajstić information content (AvgIpc) is 2.41. The van der Waals surface area contributed by atoms with E-state index in [0.29, 0.717) is 12.1 Å². The highest BCUT2D eigenvalue weighted by Crippen LogP contribution is 2.16. The maximum absolute atomic E-state index is 3.74. The lowest BCUT2D eigenvalue weighted by Gasteiger charge is -2.40. The van der Waals surface area contributed by atoms with Gasteiger partial charge in [0.05, 0.1) is 0 Å². The maximum Gasteiger partial charge on any atom is 0.0261 e. The zero-order chi connectivity index (χ0) is 13.7. The van der Waals surface area contributed by atoms with E-state index in [1.165, 1.54) is 18.5 Å². The SMILES string of the molecule is CCN1CC(CC(C)C)NCC1Cc1ccccc1. The average molecular weight is 260 g/mol. The second-order valence-electron chi connectivity index (χ2n) is 6.17. The van der Waals surface area contributed by atoms with Gasteiger partial charge in [-0.2, -0.15) is 0 Å². The normalized spacial score (nSPS) is 24.8. The van der Waals surface area contributed by atoms with Crippen molar-refractivity contribution in [3.63, 3.8) is 0 Å². The molecule has 2 atom stereocenters. The highest BCUT2D eigenvalue weighted by molar-refractivity contribution is 5.16. The first-order chi connectivity index (χ1) is 9.19. The first-order valence-corrected chi connectivity index (χ1v) is 7.70. The number of piperazine rings is 1. The highest BCUT2D eigenvalue weighted by atomic mass is 15.2. The fourth-order valence-electron chi connectivity index (χ4n) is 3.13. The molecule has 2 heteroatoms. The van der Waals surface area contributed by atoms with Crippen molar-refractivity contribution in [2.75, 3.05) is 19.6 Å². The van der Waals surface area contributed by atoms with Crippen LogP contribution in [0.5, 0.6) is 0 Å². The second kappa shape index (κ2) is 7.06. The second-order valence-corrected chi connectivity index (χ2v) is 6.17. The van der Waals surface area contributed by atoms with Gasteiger partial charge in [0.15, 0.2) is 0 Å². The minimum Gasteiger partial charge on any atom is -0.311 e. The van der Waals surface area contributed by atoms with Gasteiger partial charge in [-0.15, -0.1) is 0 Å². The number of nitrogens with zero attached hydrogens (tertiary/aromatic N) is 1. The van der Waals surface area contributed by atoms with Gasteiger partial charge in [-0.05, 0) is 30.9 Å². The Bertz CT molecular complexity index is 361. The van der Waals surface area contributed by atoms with Crippen LogP contribution in [-0.2, 0) is 6.42 Å². The van der Waals surface area contributed by atoms with E-state index in [0.717, 1.165) is 25.4 Å². The molecule has 1 aliphatic heterocycles. The van der Waals surface area contributed by atoms with E-state index in [2.05, 4.69) is 61.3 Å². The van der Waals surface area contributed by atoms with Crippen molar-refractivity contribution in [3.8, 4) is 0 Å². The molecule has 1 N–H and O–H groups in total. The van der Waals surface area contributed by atoms with Gasteiger partial charge in [0, 0.05) is 25.2 Å². The number of rotatable bonds is 5. The van der Waals surface area contributed by atoms with Gasteiger partial charge in [0.2, 0.25) is 0 Å². The molecule has 1 aromatic carbocycles. The van der Waals surface area contributed by atoms with Crippen molar-refractivity contribution in [3.05, 3.63) is 35.9 Å². The van der Waals surface area contributed by atoms with E-state index in [9.17, 15) is 0 Å². The van der Waals surface area contributed by atoms with Crippen LogP contribution in [0.2, 0.25) is 0 Å². The summed E-state index contributed by atoms with van der Waals surface area (Å²) >= 11 is 0. The topological polar surface area (TPSA) is 15.3 Å². The zero-order valence-electron chi connectivity index (χ0n) is 12.6. The largest absolute Gasteiger partial charge is 0.311 e. The van der Waals surface area contributed by atoms with E-state index in [-0.39, 0.29) is 0 Å². The summed E-state index contributed by atoms with van der Waals surface area (Å²) in [6.07, 6.45) is 2.45. The molecule has 0 radical (unpaired) electrons. The van der Waals surface area contributed by atoms with Crippen molar-refractivity contribution in [2.45, 2.75) is 45.7 Å². The molecule has 1 aliphatic rings. The van der Waals surface area contributed by atoms with Crippen LogP contribution in [0.4, 0.5) is 0 Å². The number of likely N-dealkylation sites (N-methyl/N-ethyl adjacent to an activating group) is 1. The summed E-state index contributed by atoms with van der Waals surface area (Å²) in [5.74, 6) is 0.780. The van der Waals surface area contributed by atoms with Gasteiger partial charge in [0.1, 0.15) is 0 Å². The van der Waals surface area contributed by atoms with Crippen LogP contribution in [0, 0.1) is 5.92 Å². The molecule has 106 valence electrons. The Morgan fingerprint density at radius 2 is 2.00 bits per heavy atom. The van der Waals surface area contributed by atoms with Crippen LogP contribution >= 0.6 is 0 Å². The van der Waals surface area contributed by atoms with Gasteiger partial charge in [-0.25, -0.2) is 0 Å². The van der Waals surface area contributed by atoms with Crippen molar-refractivity contribution in [2.24, 2.45) is 5.92 Å². The monoisotopic (exact) mass is 260 g/mol. The molecule has 0 aliphatic carbocycles. The molecule has 2 unspecified atom stereocenters. The van der Waals surface area contributed by atoms with Crippen molar-refractivity contribution in [1.82, 2.24) is 10.2 Å². The van der Waals surface area contributed by atoms with E-state index in [1.54, 1.807) is 0 Å². The van der Waals surface area contributed by atoms with Gasteiger partial charge in [0.25, 0.3) is 0 Å². The van der Waals surface area contributed by atoms with Crippen LogP contribution in [-0.4, -0.2) is 36.6 Å². The summed E-state index contributed by atoms with van der Waals surface area (Å²) in [5, 5.41) is 3.74. The molecule has 0 bridgehead atoms. The molecule has 1 saturated heterocycles. The third-order valence-electron chi connectivity index (χ3n) is 4.09. The van der Waals surface area contributed by atoms with Crippen LogP contribution in [0.15, 0.2) is 30.3 Å². The summed E-state index contributed by atoms with van der Waals surface area (Å²) < 4.78 is 0. The standard InChI is InChI=1S/C17H28N2/c1-4-19-13-16(10-14(2)3)18-12-17(19)11-15-8-6-5-7-9-15/h5-9,14,16-18H,4,10-13H2,1-3H3. The minimum atomic E-state index is 0.649. The van der Waals surface area contributed by atoms with Crippen LogP contribution < -0.4 is 5.32 Å². The summed E-state index contributed by atoms with van der Waals surface area (Å²) in [4.78, 5) is 2.65. The van der Waals surface area contributed by atoms with E-state index >= 15 is 0 Å².